The molecule has 2 heterocycles. The zero-order valence-corrected chi connectivity index (χ0v) is 13.4. The second-order valence-corrected chi connectivity index (χ2v) is 7.25. The highest BCUT2D eigenvalue weighted by atomic mass is 32.2. The van der Waals surface area contributed by atoms with Crippen molar-refractivity contribution in [3.05, 3.63) is 30.1 Å². The van der Waals surface area contributed by atoms with Crippen LogP contribution in [0, 0.1) is 0 Å². The van der Waals surface area contributed by atoms with Gasteiger partial charge in [0.1, 0.15) is 0 Å². The molecule has 0 N–H and O–H groups in total. The van der Waals surface area contributed by atoms with E-state index in [4.69, 9.17) is 4.74 Å². The maximum Gasteiger partial charge on any atom is 0.179 e. The predicted octanol–water partition coefficient (Wildman–Crippen LogP) is 1.96. The first-order chi connectivity index (χ1) is 10.1. The number of nitrogens with zero attached hydrogens (tertiary/aromatic N) is 2. The van der Waals surface area contributed by atoms with E-state index in [1.807, 2.05) is 6.92 Å². The van der Waals surface area contributed by atoms with Gasteiger partial charge in [-0.1, -0.05) is 13.0 Å². The molecule has 0 fully saturated rings. The highest BCUT2D eigenvalue weighted by Crippen LogP contribution is 2.20. The average molecular weight is 310 g/mol. The molecule has 1 aliphatic heterocycles. The fourth-order valence-electron chi connectivity index (χ4n) is 2.24. The summed E-state index contributed by atoms with van der Waals surface area (Å²) < 4.78 is 29.0. The van der Waals surface area contributed by atoms with E-state index in [9.17, 15) is 8.42 Å². The summed E-state index contributed by atoms with van der Waals surface area (Å²) >= 11 is 0. The van der Waals surface area contributed by atoms with Gasteiger partial charge in [-0.05, 0) is 31.1 Å². The van der Waals surface area contributed by atoms with E-state index in [0.717, 1.165) is 30.8 Å². The molecule has 0 aromatic carbocycles. The summed E-state index contributed by atoms with van der Waals surface area (Å²) in [6.07, 6.45) is 4.58. The lowest BCUT2D eigenvalue weighted by atomic mass is 10.1. The summed E-state index contributed by atoms with van der Waals surface area (Å²) in [5, 5.41) is 0. The van der Waals surface area contributed by atoms with E-state index < -0.39 is 9.84 Å². The quantitative estimate of drug-likeness (QED) is 0.804. The highest BCUT2D eigenvalue weighted by molar-refractivity contribution is 7.91. The molecule has 21 heavy (non-hydrogen) atoms. The molecule has 2 rings (SSSR count). The zero-order valence-electron chi connectivity index (χ0n) is 12.6. The molecule has 0 unspecified atom stereocenters. The van der Waals surface area contributed by atoms with Crippen LogP contribution in [-0.4, -0.2) is 50.5 Å². The van der Waals surface area contributed by atoms with Crippen LogP contribution in [0.5, 0.6) is 0 Å². The summed E-state index contributed by atoms with van der Waals surface area (Å²) in [7, 11) is -3.18. The van der Waals surface area contributed by atoms with E-state index in [2.05, 4.69) is 16.0 Å². The van der Waals surface area contributed by atoms with Gasteiger partial charge >= 0.3 is 0 Å². The Balaban J connectivity index is 2.10. The van der Waals surface area contributed by atoms with Gasteiger partial charge in [0.15, 0.2) is 9.84 Å². The van der Waals surface area contributed by atoms with Gasteiger partial charge in [-0.3, -0.25) is 9.88 Å². The van der Waals surface area contributed by atoms with Crippen molar-refractivity contribution in [3.8, 4) is 0 Å². The third-order valence-electron chi connectivity index (χ3n) is 3.51. The highest BCUT2D eigenvalue weighted by Gasteiger charge is 2.16. The lowest BCUT2D eigenvalue weighted by Gasteiger charge is -2.26. The van der Waals surface area contributed by atoms with Crippen LogP contribution in [0.1, 0.15) is 26.0 Å². The number of aromatic nitrogens is 1. The van der Waals surface area contributed by atoms with Crippen molar-refractivity contribution in [2.24, 2.45) is 0 Å². The van der Waals surface area contributed by atoms with Crippen LogP contribution in [0.4, 0.5) is 0 Å². The lowest BCUT2D eigenvalue weighted by molar-refractivity contribution is 0.0426. The third kappa shape index (κ3) is 4.12. The first-order valence-electron chi connectivity index (χ1n) is 7.25. The van der Waals surface area contributed by atoms with Gasteiger partial charge < -0.3 is 4.74 Å². The smallest absolute Gasteiger partial charge is 0.179 e. The minimum absolute atomic E-state index is 0.0961. The second kappa shape index (κ2) is 7.15. The average Bonchev–Trinajstić information content (AvgIpc) is 2.53. The molecule has 116 valence electrons. The predicted molar refractivity (Wildman–Crippen MR) is 82.6 cm³/mol. The van der Waals surface area contributed by atoms with Crippen molar-refractivity contribution in [2.45, 2.75) is 25.2 Å². The molecule has 0 bridgehead atoms. The monoisotopic (exact) mass is 310 g/mol. The van der Waals surface area contributed by atoms with Crippen LogP contribution < -0.4 is 0 Å². The molecule has 0 radical (unpaired) electrons. The molecule has 6 heteroatoms. The van der Waals surface area contributed by atoms with Gasteiger partial charge in [0.05, 0.1) is 23.1 Å². The number of rotatable bonds is 6. The normalized spacial score (nSPS) is 16.8. The van der Waals surface area contributed by atoms with Crippen molar-refractivity contribution in [3.63, 3.8) is 0 Å². The summed E-state index contributed by atoms with van der Waals surface area (Å²) in [5.41, 5.74) is 1.97. The lowest BCUT2D eigenvalue weighted by Crippen LogP contribution is -2.31. The van der Waals surface area contributed by atoms with Crippen molar-refractivity contribution in [1.29, 1.82) is 0 Å². The van der Waals surface area contributed by atoms with Crippen LogP contribution in [0.15, 0.2) is 29.3 Å². The van der Waals surface area contributed by atoms with Crippen LogP contribution >= 0.6 is 0 Å². The zero-order chi connectivity index (χ0) is 15.3. The Bertz CT molecular complexity index is 594. The standard InChI is InChI=1S/C15H22N2O3S/c1-3-20-12-17-9-5-6-13(11-17)15-8-7-14(10-16-15)21(18,19)4-2/h6-8,10H,3-5,9,11-12H2,1-2H3. The van der Waals surface area contributed by atoms with Crippen LogP contribution in [0.25, 0.3) is 5.57 Å². The van der Waals surface area contributed by atoms with Gasteiger partial charge in [-0.25, -0.2) is 8.42 Å². The van der Waals surface area contributed by atoms with E-state index in [-0.39, 0.29) is 10.6 Å². The molecule has 1 aliphatic rings. The fraction of sp³-hybridized carbons (Fsp3) is 0.533. The van der Waals surface area contributed by atoms with Crippen LogP contribution in [0.3, 0.4) is 0 Å². The Labute approximate surface area is 126 Å². The molecule has 0 aliphatic carbocycles. The molecule has 1 aromatic rings. The van der Waals surface area contributed by atoms with Crippen LogP contribution in [0.2, 0.25) is 0 Å². The van der Waals surface area contributed by atoms with Crippen molar-refractivity contribution in [1.82, 2.24) is 9.88 Å². The van der Waals surface area contributed by atoms with Crippen molar-refractivity contribution in [2.75, 3.05) is 32.2 Å². The molecule has 5 nitrogen and oxygen atoms in total. The number of pyridine rings is 1. The summed E-state index contributed by atoms with van der Waals surface area (Å²) in [4.78, 5) is 6.82. The Morgan fingerprint density at radius 1 is 1.33 bits per heavy atom. The molecular formula is C15H22N2O3S. The number of hydrogen-bond donors (Lipinski definition) is 0. The van der Waals surface area contributed by atoms with Gasteiger partial charge in [-0.2, -0.15) is 0 Å². The first-order valence-corrected chi connectivity index (χ1v) is 8.90. The number of hydrogen-bond acceptors (Lipinski definition) is 5. The Hall–Kier alpha value is -1.24. The van der Waals surface area contributed by atoms with Gasteiger partial charge in [0, 0.05) is 25.9 Å². The Morgan fingerprint density at radius 3 is 2.76 bits per heavy atom. The Morgan fingerprint density at radius 2 is 2.14 bits per heavy atom. The maximum absolute atomic E-state index is 11.8. The van der Waals surface area contributed by atoms with E-state index in [1.165, 1.54) is 6.20 Å². The minimum Gasteiger partial charge on any atom is -0.366 e. The summed E-state index contributed by atoms with van der Waals surface area (Å²) in [5.74, 6) is 0.0961. The molecule has 0 atom stereocenters. The minimum atomic E-state index is -3.18. The Kier molecular flexibility index (Phi) is 5.50. The van der Waals surface area contributed by atoms with Crippen molar-refractivity contribution < 1.29 is 13.2 Å². The van der Waals surface area contributed by atoms with Gasteiger partial charge in [-0.15, -0.1) is 0 Å². The van der Waals surface area contributed by atoms with Crippen molar-refractivity contribution >= 4 is 15.4 Å². The fourth-order valence-corrected chi connectivity index (χ4v) is 3.06. The van der Waals surface area contributed by atoms with E-state index in [1.54, 1.807) is 19.1 Å². The number of sulfone groups is 1. The van der Waals surface area contributed by atoms with Gasteiger partial charge in [0.25, 0.3) is 0 Å². The molecule has 1 aromatic heterocycles. The second-order valence-electron chi connectivity index (χ2n) is 4.98. The SMILES string of the molecule is CCOCN1CCC=C(c2ccc(S(=O)(=O)CC)cn2)C1. The number of ether oxygens (including phenoxy) is 1. The van der Waals surface area contributed by atoms with Gasteiger partial charge in [0.2, 0.25) is 0 Å². The third-order valence-corrected chi connectivity index (χ3v) is 5.23. The molecule has 0 amide bonds. The molecule has 0 spiro atoms. The topological polar surface area (TPSA) is 59.5 Å². The van der Waals surface area contributed by atoms with Crippen LogP contribution in [-0.2, 0) is 14.6 Å². The first kappa shape index (κ1) is 16.1. The largest absolute Gasteiger partial charge is 0.366 e. The molecular weight excluding hydrogens is 288 g/mol. The molecule has 0 saturated carbocycles. The molecule has 0 saturated heterocycles. The van der Waals surface area contributed by atoms with E-state index >= 15 is 0 Å². The summed E-state index contributed by atoms with van der Waals surface area (Å²) in [6, 6.07) is 3.43. The summed E-state index contributed by atoms with van der Waals surface area (Å²) in [6.45, 7) is 6.71. The van der Waals surface area contributed by atoms with E-state index in [0.29, 0.717) is 13.3 Å². The maximum atomic E-state index is 11.8.